The first-order valence-corrected chi connectivity index (χ1v) is 11.5. The van der Waals surface area contributed by atoms with Crippen LogP contribution in [0.5, 0.6) is 0 Å². The van der Waals surface area contributed by atoms with Crippen molar-refractivity contribution in [2.24, 2.45) is 5.16 Å². The molecule has 31 heavy (non-hydrogen) atoms. The smallest absolute Gasteiger partial charge is 0.374 e. The van der Waals surface area contributed by atoms with E-state index in [0.29, 0.717) is 10.7 Å². The summed E-state index contributed by atoms with van der Waals surface area (Å²) in [5.41, 5.74) is 5.07. The number of nitrogen functional groups attached to an aromatic ring is 1. The number of hydrogen-bond donors (Lipinski definition) is 4. The van der Waals surface area contributed by atoms with Crippen molar-refractivity contribution in [3.8, 4) is 0 Å². The predicted molar refractivity (Wildman–Crippen MR) is 114 cm³/mol. The number of nitrogens with zero attached hydrogens (tertiary/aromatic N) is 3. The number of fused-ring (bicyclic) bond motifs is 1. The molecule has 0 bridgehead atoms. The average Bonchev–Trinajstić information content (AvgIpc) is 3.16. The molecule has 2 atom stereocenters. The lowest BCUT2D eigenvalue weighted by atomic mass is 10.0. The van der Waals surface area contributed by atoms with Crippen LogP contribution in [0.4, 0.5) is 5.13 Å². The largest absolute Gasteiger partial charge is 0.477 e. The van der Waals surface area contributed by atoms with Gasteiger partial charge in [0, 0.05) is 16.0 Å². The van der Waals surface area contributed by atoms with Crippen LogP contribution in [0.25, 0.3) is 0 Å². The van der Waals surface area contributed by atoms with Crippen molar-refractivity contribution in [3.05, 3.63) is 34.0 Å². The molecule has 164 valence electrons. The topological polar surface area (TPSA) is 185 Å². The van der Waals surface area contributed by atoms with Crippen LogP contribution >= 0.6 is 34.9 Å². The van der Waals surface area contributed by atoms with Gasteiger partial charge in [0.2, 0.25) is 5.76 Å². The fourth-order valence-electron chi connectivity index (χ4n) is 2.70. The molecule has 1 fully saturated rings. The number of hydrogen-bond acceptors (Lipinski definition) is 11. The number of aromatic nitrogens is 1. The van der Waals surface area contributed by atoms with E-state index in [4.69, 9.17) is 10.8 Å². The van der Waals surface area contributed by atoms with Crippen molar-refractivity contribution in [2.45, 2.75) is 11.4 Å². The van der Waals surface area contributed by atoms with E-state index in [0.717, 1.165) is 16.2 Å². The van der Waals surface area contributed by atoms with Crippen LogP contribution in [0.3, 0.4) is 0 Å². The second-order valence-electron chi connectivity index (χ2n) is 5.97. The number of carboxylic acid groups (broad SMARTS) is 2. The molecule has 0 unspecified atom stereocenters. The van der Waals surface area contributed by atoms with Crippen molar-refractivity contribution >= 4 is 69.5 Å². The lowest BCUT2D eigenvalue weighted by molar-refractivity contribution is -0.150. The highest BCUT2D eigenvalue weighted by Gasteiger charge is 2.54. The van der Waals surface area contributed by atoms with Gasteiger partial charge in [-0.3, -0.25) is 14.5 Å². The van der Waals surface area contributed by atoms with E-state index in [2.05, 4.69) is 26.9 Å². The van der Waals surface area contributed by atoms with Gasteiger partial charge in [-0.15, -0.1) is 34.9 Å². The van der Waals surface area contributed by atoms with E-state index in [1.807, 2.05) is 0 Å². The van der Waals surface area contributed by atoms with Gasteiger partial charge < -0.3 is 26.1 Å². The normalized spacial score (nSPS) is 20.6. The van der Waals surface area contributed by atoms with Crippen molar-refractivity contribution in [3.63, 3.8) is 0 Å². The van der Waals surface area contributed by atoms with E-state index in [1.54, 1.807) is 6.26 Å². The zero-order chi connectivity index (χ0) is 22.9. The van der Waals surface area contributed by atoms with Gasteiger partial charge in [-0.25, -0.2) is 14.6 Å². The molecule has 0 radical (unpaired) electrons. The number of carbonyl (C=O) groups is 4. The Morgan fingerprint density at radius 3 is 2.71 bits per heavy atom. The van der Waals surface area contributed by atoms with Gasteiger partial charge in [-0.2, -0.15) is 0 Å². The van der Waals surface area contributed by atoms with Gasteiger partial charge in [0.15, 0.2) is 10.8 Å². The highest BCUT2D eigenvalue weighted by Crippen LogP contribution is 2.42. The quantitative estimate of drug-likeness (QED) is 0.129. The maximum Gasteiger partial charge on any atom is 0.374 e. The van der Waals surface area contributed by atoms with Crippen LogP contribution in [0.2, 0.25) is 0 Å². The molecular formula is C16H15N5O7S3. The predicted octanol–water partition coefficient (Wildman–Crippen LogP) is 0.103. The summed E-state index contributed by atoms with van der Waals surface area (Å²) in [6.07, 6.45) is 1.72. The third kappa shape index (κ3) is 4.38. The molecule has 3 rings (SSSR count). The van der Waals surface area contributed by atoms with E-state index in [-0.39, 0.29) is 16.5 Å². The number of oxime groups is 1. The summed E-state index contributed by atoms with van der Waals surface area (Å²) in [5.74, 6) is -4.55. The first kappa shape index (κ1) is 22.6. The Bertz CT molecular complexity index is 1050. The Labute approximate surface area is 187 Å². The molecule has 0 spiro atoms. The molecule has 12 nitrogen and oxygen atoms in total. The van der Waals surface area contributed by atoms with Gasteiger partial charge in [-0.1, -0.05) is 5.16 Å². The van der Waals surface area contributed by atoms with Crippen LogP contribution < -0.4 is 11.1 Å². The molecule has 2 amide bonds. The number of β-lactam (4-membered cyclic amide) rings is 1. The molecule has 5 N–H and O–H groups in total. The van der Waals surface area contributed by atoms with Crippen LogP contribution in [-0.2, 0) is 24.0 Å². The third-order valence-corrected chi connectivity index (χ3v) is 7.10. The molecule has 15 heteroatoms. The highest BCUT2D eigenvalue weighted by atomic mass is 32.2. The molecule has 0 aromatic carbocycles. The average molecular weight is 486 g/mol. The lowest BCUT2D eigenvalue weighted by Gasteiger charge is -2.49. The van der Waals surface area contributed by atoms with E-state index >= 15 is 0 Å². The van der Waals surface area contributed by atoms with E-state index in [1.165, 1.54) is 28.9 Å². The summed E-state index contributed by atoms with van der Waals surface area (Å²) in [7, 11) is 0. The second-order valence-corrected chi connectivity index (χ2v) is 8.87. The maximum atomic E-state index is 12.8. The summed E-state index contributed by atoms with van der Waals surface area (Å²) in [4.78, 5) is 58.2. The molecular weight excluding hydrogens is 470 g/mol. The summed E-state index contributed by atoms with van der Waals surface area (Å²) in [5, 5.41) is 25.2. The fraction of sp³-hybridized carbons (Fsp3) is 0.250. The monoisotopic (exact) mass is 485 g/mol. The zero-order valence-corrected chi connectivity index (χ0v) is 18.2. The Hall–Kier alpha value is -3.04. The first-order valence-electron chi connectivity index (χ1n) is 8.30. The lowest BCUT2D eigenvalue weighted by Crippen LogP contribution is -2.71. The third-order valence-electron chi connectivity index (χ3n) is 4.13. The molecule has 0 aliphatic carbocycles. The fourth-order valence-corrected chi connectivity index (χ4v) is 5.49. The van der Waals surface area contributed by atoms with Crippen LogP contribution in [0.1, 0.15) is 5.69 Å². The molecule has 2 aliphatic rings. The standard InChI is InChI=1S/C16H15N5O7S3/c1-5(14(24)25)28-20-8(6-3-31-16(17)18-6)11(22)19-9-12(23)21-10(15(26)27)7(29-2)4-30-13(9)21/h3,9,13H,1,4H2,2H3,(H2,17,18)(H,19,22)(H,24,25)(H,26,27)/b20-8-/t9-,13+/m1/s1. The van der Waals surface area contributed by atoms with Gasteiger partial charge in [0.1, 0.15) is 22.8 Å². The van der Waals surface area contributed by atoms with Gasteiger partial charge >= 0.3 is 11.9 Å². The number of carbonyl (C=O) groups excluding carboxylic acids is 2. The molecule has 1 saturated heterocycles. The van der Waals surface area contributed by atoms with Gasteiger partial charge in [0.25, 0.3) is 11.8 Å². The zero-order valence-electron chi connectivity index (χ0n) is 15.7. The maximum absolute atomic E-state index is 12.8. The van der Waals surface area contributed by atoms with Crippen LogP contribution in [0.15, 0.2) is 33.5 Å². The molecule has 2 aliphatic heterocycles. The number of carboxylic acids is 2. The SMILES string of the molecule is C=C(O/N=C(\C(=O)N[C@@H]1C(=O)N2C(C(=O)O)=C(SC)CS[C@@H]12)c1csc(N)n1)C(=O)O. The van der Waals surface area contributed by atoms with E-state index in [9.17, 15) is 24.3 Å². The minimum absolute atomic E-state index is 0.00825. The Kier molecular flexibility index (Phi) is 6.56. The number of nitrogens with two attached hydrogens (primary N) is 1. The second kappa shape index (κ2) is 8.99. The van der Waals surface area contributed by atoms with Crippen LogP contribution in [-0.4, -0.2) is 73.0 Å². The number of thioether (sulfide) groups is 2. The number of thiazole rings is 1. The first-order chi connectivity index (χ1) is 14.6. The van der Waals surface area contributed by atoms with E-state index < -0.39 is 46.6 Å². The van der Waals surface area contributed by atoms with Crippen molar-refractivity contribution < 1.29 is 34.2 Å². The van der Waals surface area contributed by atoms with Crippen molar-refractivity contribution in [1.29, 1.82) is 0 Å². The molecule has 1 aromatic heterocycles. The number of anilines is 1. The highest BCUT2D eigenvalue weighted by molar-refractivity contribution is 8.05. The van der Waals surface area contributed by atoms with Crippen molar-refractivity contribution in [2.75, 3.05) is 17.7 Å². The summed E-state index contributed by atoms with van der Waals surface area (Å²) < 4.78 is 0. The number of aliphatic carboxylic acids is 2. The van der Waals surface area contributed by atoms with Crippen molar-refractivity contribution in [1.82, 2.24) is 15.2 Å². The minimum Gasteiger partial charge on any atom is -0.477 e. The molecule has 1 aromatic rings. The number of rotatable bonds is 8. The Morgan fingerprint density at radius 2 is 2.16 bits per heavy atom. The summed E-state index contributed by atoms with van der Waals surface area (Å²) in [6, 6.07) is -1.01. The minimum atomic E-state index is -1.48. The number of nitrogens with one attached hydrogen (secondary N) is 1. The summed E-state index contributed by atoms with van der Waals surface area (Å²) >= 11 is 3.56. The Morgan fingerprint density at radius 1 is 1.45 bits per heavy atom. The molecule has 0 saturated carbocycles. The van der Waals surface area contributed by atoms with Gasteiger partial charge in [-0.05, 0) is 12.8 Å². The van der Waals surface area contributed by atoms with Gasteiger partial charge in [0.05, 0.1) is 0 Å². The van der Waals surface area contributed by atoms with Crippen LogP contribution in [0, 0.1) is 0 Å². The summed E-state index contributed by atoms with van der Waals surface area (Å²) in [6.45, 7) is 3.15. The molecule has 3 heterocycles. The Balaban J connectivity index is 1.82. The number of amides is 2.